The zero-order valence-electron chi connectivity index (χ0n) is 9.62. The molecule has 0 spiro atoms. The van der Waals surface area contributed by atoms with Gasteiger partial charge in [0.15, 0.2) is 0 Å². The number of likely N-dealkylation sites (tertiary alicyclic amines) is 1. The Labute approximate surface area is 102 Å². The molecule has 2 rings (SSSR count). The van der Waals surface area contributed by atoms with Crippen LogP contribution in [0.15, 0.2) is 0 Å². The molecule has 2 atom stereocenters. The molecule has 92 valence electrons. The molecule has 0 unspecified atom stereocenters. The summed E-state index contributed by atoms with van der Waals surface area (Å²) in [6.45, 7) is 1.79. The lowest BCUT2D eigenvalue weighted by Crippen LogP contribution is -2.37. The van der Waals surface area contributed by atoms with Gasteiger partial charge in [0.25, 0.3) is 0 Å². The number of carbonyl (C=O) groups is 1. The second kappa shape index (κ2) is 4.92. The van der Waals surface area contributed by atoms with Crippen LogP contribution in [0.5, 0.6) is 0 Å². The average Bonchev–Trinajstić information content (AvgIpc) is 2.69. The Morgan fingerprint density at radius 2 is 2.31 bits per heavy atom. The number of fused-ring (bicyclic) bond motifs is 1. The summed E-state index contributed by atoms with van der Waals surface area (Å²) in [6, 6.07) is 0. The van der Waals surface area contributed by atoms with Crippen molar-refractivity contribution in [1.82, 2.24) is 4.90 Å². The number of aliphatic hydroxyl groups excluding tert-OH is 1. The number of nitrogens with zero attached hydrogens (tertiary/aromatic N) is 1. The van der Waals surface area contributed by atoms with Gasteiger partial charge in [-0.1, -0.05) is 12.8 Å². The number of alkyl halides is 1. The van der Waals surface area contributed by atoms with Gasteiger partial charge < -0.3 is 10.0 Å². The van der Waals surface area contributed by atoms with Gasteiger partial charge in [-0.15, -0.1) is 11.6 Å². The Morgan fingerprint density at radius 1 is 1.50 bits per heavy atom. The highest BCUT2D eigenvalue weighted by molar-refractivity contribution is 6.18. The van der Waals surface area contributed by atoms with Crippen LogP contribution in [-0.2, 0) is 4.79 Å². The fourth-order valence-electron chi connectivity index (χ4n) is 3.27. The van der Waals surface area contributed by atoms with Crippen molar-refractivity contribution in [2.24, 2.45) is 11.3 Å². The van der Waals surface area contributed by atoms with Crippen molar-refractivity contribution >= 4 is 17.5 Å². The zero-order chi connectivity index (χ0) is 11.6. The van der Waals surface area contributed by atoms with Crippen molar-refractivity contribution in [2.45, 2.75) is 32.1 Å². The zero-order valence-corrected chi connectivity index (χ0v) is 10.4. The summed E-state index contributed by atoms with van der Waals surface area (Å²) >= 11 is 5.60. The van der Waals surface area contributed by atoms with Crippen molar-refractivity contribution in [2.75, 3.05) is 25.6 Å². The molecule has 1 N–H and O–H groups in total. The number of aliphatic hydroxyl groups is 1. The molecule has 1 saturated carbocycles. The van der Waals surface area contributed by atoms with Crippen molar-refractivity contribution in [3.63, 3.8) is 0 Å². The van der Waals surface area contributed by atoms with E-state index in [2.05, 4.69) is 0 Å². The first-order valence-electron chi connectivity index (χ1n) is 6.16. The minimum absolute atomic E-state index is 0.000221. The Balaban J connectivity index is 2.04. The summed E-state index contributed by atoms with van der Waals surface area (Å²) in [5.41, 5.74) is 0.000221. The third-order valence-electron chi connectivity index (χ3n) is 4.27. The second-order valence-corrected chi connectivity index (χ2v) is 5.55. The van der Waals surface area contributed by atoms with Crippen LogP contribution in [0.25, 0.3) is 0 Å². The van der Waals surface area contributed by atoms with Crippen molar-refractivity contribution in [3.8, 4) is 0 Å². The normalized spacial score (nSPS) is 33.9. The molecule has 2 fully saturated rings. The summed E-state index contributed by atoms with van der Waals surface area (Å²) in [7, 11) is 0. The third kappa shape index (κ3) is 2.07. The summed E-state index contributed by atoms with van der Waals surface area (Å²) in [6.07, 6.45) is 5.08. The highest BCUT2D eigenvalue weighted by Crippen LogP contribution is 2.46. The van der Waals surface area contributed by atoms with Gasteiger partial charge in [0.2, 0.25) is 5.91 Å². The SMILES string of the molecule is O=C(CCCl)N1C[C@@H]2CCCC[C@@]2(CO)C1. The van der Waals surface area contributed by atoms with Crippen LogP contribution < -0.4 is 0 Å². The van der Waals surface area contributed by atoms with Gasteiger partial charge in [-0.05, 0) is 18.8 Å². The van der Waals surface area contributed by atoms with Crippen LogP contribution in [0.1, 0.15) is 32.1 Å². The van der Waals surface area contributed by atoms with Gasteiger partial charge in [-0.2, -0.15) is 0 Å². The molecule has 1 amide bonds. The molecular formula is C12H20ClNO2. The predicted molar refractivity (Wildman–Crippen MR) is 63.4 cm³/mol. The highest BCUT2D eigenvalue weighted by Gasteiger charge is 2.48. The fourth-order valence-corrected chi connectivity index (χ4v) is 3.43. The summed E-state index contributed by atoms with van der Waals surface area (Å²) in [4.78, 5) is 13.7. The lowest BCUT2D eigenvalue weighted by atomic mass is 9.69. The van der Waals surface area contributed by atoms with Gasteiger partial charge in [-0.25, -0.2) is 0 Å². The number of hydrogen-bond donors (Lipinski definition) is 1. The molecule has 4 heteroatoms. The van der Waals surface area contributed by atoms with Gasteiger partial charge in [0.1, 0.15) is 0 Å². The molecule has 0 aromatic carbocycles. The Morgan fingerprint density at radius 3 is 2.94 bits per heavy atom. The maximum atomic E-state index is 11.8. The third-order valence-corrected chi connectivity index (χ3v) is 4.45. The monoisotopic (exact) mass is 245 g/mol. The van der Waals surface area contributed by atoms with E-state index >= 15 is 0 Å². The highest BCUT2D eigenvalue weighted by atomic mass is 35.5. The van der Waals surface area contributed by atoms with Crippen LogP contribution in [0.2, 0.25) is 0 Å². The minimum Gasteiger partial charge on any atom is -0.396 e. The molecule has 2 aliphatic rings. The molecule has 3 nitrogen and oxygen atoms in total. The lowest BCUT2D eigenvalue weighted by molar-refractivity contribution is -0.130. The van der Waals surface area contributed by atoms with Crippen LogP contribution in [0.4, 0.5) is 0 Å². The van der Waals surface area contributed by atoms with E-state index in [-0.39, 0.29) is 17.9 Å². The molecule has 0 aromatic rings. The predicted octanol–water partition coefficient (Wildman–Crippen LogP) is 1.63. The minimum atomic E-state index is 0.000221. The van der Waals surface area contributed by atoms with Gasteiger partial charge in [-0.3, -0.25) is 4.79 Å². The largest absolute Gasteiger partial charge is 0.396 e. The molecule has 0 bridgehead atoms. The van der Waals surface area contributed by atoms with Crippen LogP contribution in [-0.4, -0.2) is 41.5 Å². The van der Waals surface area contributed by atoms with Crippen molar-refractivity contribution < 1.29 is 9.90 Å². The van der Waals surface area contributed by atoms with Crippen molar-refractivity contribution in [1.29, 1.82) is 0 Å². The van der Waals surface area contributed by atoms with E-state index in [1.54, 1.807) is 0 Å². The first kappa shape index (κ1) is 12.2. The standard InChI is InChI=1S/C12H20ClNO2/c13-6-4-11(16)14-7-10-3-1-2-5-12(10,8-14)9-15/h10,15H,1-9H2/t10-,12-/m0/s1. The summed E-state index contributed by atoms with van der Waals surface area (Å²) in [5, 5.41) is 9.62. The number of rotatable bonds is 3. The van der Waals surface area contributed by atoms with Gasteiger partial charge in [0, 0.05) is 30.8 Å². The van der Waals surface area contributed by atoms with E-state index in [9.17, 15) is 9.90 Å². The molecule has 0 aromatic heterocycles. The van der Waals surface area contributed by atoms with E-state index < -0.39 is 0 Å². The second-order valence-electron chi connectivity index (χ2n) is 5.18. The van der Waals surface area contributed by atoms with E-state index in [1.165, 1.54) is 12.8 Å². The van der Waals surface area contributed by atoms with E-state index in [0.717, 1.165) is 25.9 Å². The van der Waals surface area contributed by atoms with E-state index in [4.69, 9.17) is 11.6 Å². The molecular weight excluding hydrogens is 226 g/mol. The van der Waals surface area contributed by atoms with Gasteiger partial charge >= 0.3 is 0 Å². The fraction of sp³-hybridized carbons (Fsp3) is 0.917. The molecule has 1 aliphatic heterocycles. The molecule has 1 aliphatic carbocycles. The molecule has 1 heterocycles. The topological polar surface area (TPSA) is 40.5 Å². The van der Waals surface area contributed by atoms with Crippen LogP contribution in [0.3, 0.4) is 0 Å². The maximum absolute atomic E-state index is 11.8. The summed E-state index contributed by atoms with van der Waals surface area (Å²) < 4.78 is 0. The van der Waals surface area contributed by atoms with Gasteiger partial charge in [0.05, 0.1) is 6.61 Å². The molecule has 0 radical (unpaired) electrons. The van der Waals surface area contributed by atoms with E-state index in [0.29, 0.717) is 18.2 Å². The lowest BCUT2D eigenvalue weighted by Gasteiger charge is -2.36. The molecule has 16 heavy (non-hydrogen) atoms. The average molecular weight is 246 g/mol. The molecule has 1 saturated heterocycles. The quantitative estimate of drug-likeness (QED) is 0.768. The van der Waals surface area contributed by atoms with Crippen LogP contribution in [0, 0.1) is 11.3 Å². The first-order chi connectivity index (χ1) is 7.72. The Kier molecular flexibility index (Phi) is 3.75. The smallest absolute Gasteiger partial charge is 0.223 e. The Hall–Kier alpha value is -0.280. The Bertz CT molecular complexity index is 272. The number of amides is 1. The number of halogens is 1. The summed E-state index contributed by atoms with van der Waals surface area (Å²) in [5.74, 6) is 1.05. The maximum Gasteiger partial charge on any atom is 0.223 e. The number of hydrogen-bond acceptors (Lipinski definition) is 2. The van der Waals surface area contributed by atoms with Crippen LogP contribution >= 0.6 is 11.6 Å². The number of carbonyl (C=O) groups excluding carboxylic acids is 1. The van der Waals surface area contributed by atoms with Crippen molar-refractivity contribution in [3.05, 3.63) is 0 Å². The first-order valence-corrected chi connectivity index (χ1v) is 6.70. The van der Waals surface area contributed by atoms with E-state index in [1.807, 2.05) is 4.90 Å².